The van der Waals surface area contributed by atoms with Crippen molar-refractivity contribution in [2.45, 2.75) is 63.9 Å². The summed E-state index contributed by atoms with van der Waals surface area (Å²) in [5.41, 5.74) is 8.37. The quantitative estimate of drug-likeness (QED) is 0.126. The highest BCUT2D eigenvalue weighted by Gasteiger charge is 2.37. The Kier molecular flexibility index (Phi) is 9.70. The van der Waals surface area contributed by atoms with Gasteiger partial charge in [-0.15, -0.1) is 11.3 Å². The molecule has 43 heavy (non-hydrogen) atoms. The number of Topliss-reactive ketones (excluding diaryl/α,β-unsaturated/α-hetero) is 1. The second-order valence-electron chi connectivity index (χ2n) is 10.4. The molecular formula is C29H36N6O6S2. The fourth-order valence-electron chi connectivity index (χ4n) is 5.06. The summed E-state index contributed by atoms with van der Waals surface area (Å²) in [5, 5.41) is 3.07. The number of para-hydroxylation sites is 1. The molecule has 2 atom stereocenters. The van der Waals surface area contributed by atoms with E-state index >= 15 is 0 Å². The Morgan fingerprint density at radius 3 is 2.56 bits per heavy atom. The molecule has 4 N–H and O–H groups in total. The molecule has 1 aromatic heterocycles. The summed E-state index contributed by atoms with van der Waals surface area (Å²) < 4.78 is 34.8. The SMILES string of the molecule is COc1cc(C)c(S(=O)(=O)NC(N)=NCCC[C@H](NC(=O)[C@@H]2CCN2C(C)=O)C(=O)c2nc3ccccc3s2)c(C)c1C. The molecule has 0 unspecified atom stereocenters. The molecule has 0 saturated carbocycles. The number of methoxy groups -OCH3 is 1. The minimum Gasteiger partial charge on any atom is -0.496 e. The Morgan fingerprint density at radius 2 is 1.93 bits per heavy atom. The van der Waals surface area contributed by atoms with Crippen LogP contribution in [0.1, 0.15) is 52.7 Å². The molecule has 1 aliphatic heterocycles. The molecule has 2 aromatic carbocycles. The molecule has 0 aliphatic carbocycles. The van der Waals surface area contributed by atoms with E-state index in [1.165, 1.54) is 30.3 Å². The largest absolute Gasteiger partial charge is 0.496 e. The van der Waals surface area contributed by atoms with Crippen LogP contribution in [-0.2, 0) is 19.6 Å². The lowest BCUT2D eigenvalue weighted by Gasteiger charge is -2.39. The van der Waals surface area contributed by atoms with E-state index in [1.807, 2.05) is 24.3 Å². The van der Waals surface area contributed by atoms with Crippen LogP contribution in [0.2, 0.25) is 0 Å². The summed E-state index contributed by atoms with van der Waals surface area (Å²) in [6, 6.07) is 7.48. The zero-order valence-corrected chi connectivity index (χ0v) is 26.4. The number of ether oxygens (including phenoxy) is 1. The van der Waals surface area contributed by atoms with Crippen LogP contribution in [0.15, 0.2) is 40.2 Å². The fourth-order valence-corrected chi connectivity index (χ4v) is 7.50. The Labute approximate surface area is 254 Å². The molecule has 12 nitrogen and oxygen atoms in total. The number of fused-ring (bicyclic) bond motifs is 1. The molecule has 0 spiro atoms. The van der Waals surface area contributed by atoms with Crippen molar-refractivity contribution in [3.05, 3.63) is 52.0 Å². The number of guanidine groups is 1. The van der Waals surface area contributed by atoms with Gasteiger partial charge >= 0.3 is 0 Å². The summed E-state index contributed by atoms with van der Waals surface area (Å²) in [7, 11) is -2.51. The normalized spacial score (nSPS) is 16.0. The average Bonchev–Trinajstić information content (AvgIpc) is 3.35. The number of carbonyl (C=O) groups is 3. The van der Waals surface area contributed by atoms with Gasteiger partial charge in [-0.1, -0.05) is 12.1 Å². The van der Waals surface area contributed by atoms with Crippen LogP contribution in [0.25, 0.3) is 10.2 Å². The third kappa shape index (κ3) is 6.96. The molecule has 4 rings (SSSR count). The molecule has 3 aromatic rings. The number of benzene rings is 2. The molecule has 2 amide bonds. The number of hydrogen-bond acceptors (Lipinski definition) is 9. The Hall–Kier alpha value is -4.04. The van der Waals surface area contributed by atoms with Crippen LogP contribution in [0.3, 0.4) is 0 Å². The van der Waals surface area contributed by atoms with Crippen LogP contribution in [-0.4, -0.2) is 74.1 Å². The first-order chi connectivity index (χ1) is 20.3. The van der Waals surface area contributed by atoms with Crippen LogP contribution in [0.5, 0.6) is 5.75 Å². The van der Waals surface area contributed by atoms with Gasteiger partial charge in [-0.2, -0.15) is 0 Å². The standard InChI is InChI=1S/C29H36N6O6S2/c1-16-15-23(41-5)17(2)18(3)26(16)43(39,40)34-29(30)31-13-8-10-21(32-27(38)22-12-14-35(22)19(4)36)25(37)28-33-20-9-6-7-11-24(20)42-28/h6-7,9,11,15,21-22H,8,10,12-14H2,1-5H3,(H,32,38)(H3,30,31,34)/t21-,22-/m0/s1. The molecule has 0 bridgehead atoms. The lowest BCUT2D eigenvalue weighted by atomic mass is 10.00. The smallest absolute Gasteiger partial charge is 0.264 e. The van der Waals surface area contributed by atoms with Gasteiger partial charge in [0, 0.05) is 20.0 Å². The van der Waals surface area contributed by atoms with Crippen molar-refractivity contribution in [3.8, 4) is 5.75 Å². The maximum atomic E-state index is 13.5. The third-order valence-electron chi connectivity index (χ3n) is 7.50. The number of sulfonamides is 1. The second-order valence-corrected chi connectivity index (χ2v) is 13.1. The zero-order valence-electron chi connectivity index (χ0n) is 24.8. The minimum atomic E-state index is -4.03. The number of amides is 2. The average molecular weight is 629 g/mol. The number of ketones is 1. The van der Waals surface area contributed by atoms with E-state index in [0.717, 1.165) is 4.70 Å². The number of nitrogens with two attached hydrogens (primary N) is 1. The molecule has 1 fully saturated rings. The number of hydrogen-bond donors (Lipinski definition) is 3. The number of aliphatic imine (C=N–C) groups is 1. The molecule has 1 aliphatic rings. The molecule has 1 saturated heterocycles. The van der Waals surface area contributed by atoms with Gasteiger partial charge in [0.2, 0.25) is 23.6 Å². The Balaban J connectivity index is 1.45. The monoisotopic (exact) mass is 628 g/mol. The lowest BCUT2D eigenvalue weighted by Crippen LogP contribution is -2.59. The van der Waals surface area contributed by atoms with Gasteiger partial charge < -0.3 is 20.7 Å². The molecule has 0 radical (unpaired) electrons. The van der Waals surface area contributed by atoms with Gasteiger partial charge in [-0.05, 0) is 74.9 Å². The number of thiazole rings is 1. The number of carbonyl (C=O) groups excluding carboxylic acids is 3. The van der Waals surface area contributed by atoms with Crippen LogP contribution >= 0.6 is 11.3 Å². The van der Waals surface area contributed by atoms with E-state index in [0.29, 0.717) is 47.3 Å². The fraction of sp³-hybridized carbons (Fsp3) is 0.414. The summed E-state index contributed by atoms with van der Waals surface area (Å²) in [6.45, 7) is 7.13. The summed E-state index contributed by atoms with van der Waals surface area (Å²) in [5.74, 6) is -0.664. The maximum Gasteiger partial charge on any atom is 0.264 e. The number of rotatable bonds is 11. The van der Waals surface area contributed by atoms with Gasteiger partial charge in [0.15, 0.2) is 5.01 Å². The molecular weight excluding hydrogens is 592 g/mol. The molecule has 230 valence electrons. The number of nitrogens with one attached hydrogen (secondary N) is 2. The summed E-state index contributed by atoms with van der Waals surface area (Å²) >= 11 is 1.24. The topological polar surface area (TPSA) is 173 Å². The highest BCUT2D eigenvalue weighted by atomic mass is 32.2. The highest BCUT2D eigenvalue weighted by Crippen LogP contribution is 2.30. The summed E-state index contributed by atoms with van der Waals surface area (Å²) in [4.78, 5) is 48.5. The van der Waals surface area contributed by atoms with Gasteiger partial charge in [-0.3, -0.25) is 19.4 Å². The van der Waals surface area contributed by atoms with Crippen molar-refractivity contribution >= 4 is 55.1 Å². The predicted molar refractivity (Wildman–Crippen MR) is 165 cm³/mol. The van der Waals surface area contributed by atoms with Gasteiger partial charge in [-0.25, -0.2) is 18.1 Å². The predicted octanol–water partition coefficient (Wildman–Crippen LogP) is 2.59. The first kappa shape index (κ1) is 31.9. The molecule has 2 heterocycles. The van der Waals surface area contributed by atoms with Gasteiger partial charge in [0.05, 0.1) is 28.3 Å². The number of aromatic nitrogens is 1. The van der Waals surface area contributed by atoms with Crippen molar-refractivity contribution in [1.29, 1.82) is 0 Å². The number of likely N-dealkylation sites (tertiary alicyclic amines) is 1. The van der Waals surface area contributed by atoms with E-state index in [-0.39, 0.29) is 40.5 Å². The minimum absolute atomic E-state index is 0.0937. The lowest BCUT2D eigenvalue weighted by molar-refractivity contribution is -0.145. The van der Waals surface area contributed by atoms with E-state index in [9.17, 15) is 22.8 Å². The first-order valence-electron chi connectivity index (χ1n) is 13.8. The Morgan fingerprint density at radius 1 is 1.21 bits per heavy atom. The highest BCUT2D eigenvalue weighted by molar-refractivity contribution is 7.90. The van der Waals surface area contributed by atoms with Gasteiger partial charge in [0.1, 0.15) is 11.8 Å². The van der Waals surface area contributed by atoms with Crippen molar-refractivity contribution in [3.63, 3.8) is 0 Å². The van der Waals surface area contributed by atoms with E-state index in [1.54, 1.807) is 26.8 Å². The van der Waals surface area contributed by atoms with Crippen LogP contribution < -0.4 is 20.5 Å². The van der Waals surface area contributed by atoms with Crippen molar-refractivity contribution < 1.29 is 27.5 Å². The van der Waals surface area contributed by atoms with Crippen LogP contribution in [0.4, 0.5) is 0 Å². The van der Waals surface area contributed by atoms with E-state index in [2.05, 4.69) is 20.0 Å². The zero-order chi connectivity index (χ0) is 31.5. The summed E-state index contributed by atoms with van der Waals surface area (Å²) in [6.07, 6.45) is 1.03. The number of aryl methyl sites for hydroxylation is 1. The van der Waals surface area contributed by atoms with E-state index in [4.69, 9.17) is 10.5 Å². The van der Waals surface area contributed by atoms with Crippen molar-refractivity contribution in [1.82, 2.24) is 19.9 Å². The third-order valence-corrected chi connectivity index (χ3v) is 10.2. The Bertz CT molecular complexity index is 1670. The molecule has 14 heteroatoms. The maximum absolute atomic E-state index is 13.5. The number of nitrogens with zero attached hydrogens (tertiary/aromatic N) is 3. The first-order valence-corrected chi connectivity index (χ1v) is 16.1. The van der Waals surface area contributed by atoms with E-state index < -0.39 is 28.0 Å². The second kappa shape index (κ2) is 13.1. The van der Waals surface area contributed by atoms with Crippen LogP contribution in [0, 0.1) is 20.8 Å². The van der Waals surface area contributed by atoms with Crippen molar-refractivity contribution in [2.75, 3.05) is 20.2 Å². The van der Waals surface area contributed by atoms with Gasteiger partial charge in [0.25, 0.3) is 10.0 Å². The van der Waals surface area contributed by atoms with Crippen molar-refractivity contribution in [2.24, 2.45) is 10.7 Å².